The van der Waals surface area contributed by atoms with E-state index >= 15 is 0 Å². The van der Waals surface area contributed by atoms with Gasteiger partial charge in [-0.05, 0) is 58.2 Å². The van der Waals surface area contributed by atoms with E-state index < -0.39 is 33.5 Å². The van der Waals surface area contributed by atoms with Crippen LogP contribution in [-0.2, 0) is 21.2 Å². The molecule has 0 amide bonds. The highest BCUT2D eigenvalue weighted by molar-refractivity contribution is 7.92. The Morgan fingerprint density at radius 1 is 1.23 bits per heavy atom. The first kappa shape index (κ1) is 26.8. The number of aryl methyl sites for hydroxylation is 1. The number of carbonyl (C=O) groups is 1. The molecule has 0 saturated carbocycles. The Morgan fingerprint density at radius 2 is 1.94 bits per heavy atom. The zero-order valence-electron chi connectivity index (χ0n) is 19.5. The Balaban J connectivity index is 1.95. The highest BCUT2D eigenvalue weighted by atomic mass is 32.2. The number of esters is 1. The van der Waals surface area contributed by atoms with Crippen molar-refractivity contribution in [3.8, 4) is 0 Å². The summed E-state index contributed by atoms with van der Waals surface area (Å²) in [4.78, 5) is 14.1. The summed E-state index contributed by atoms with van der Waals surface area (Å²) in [7, 11) is -4.75. The number of ether oxygens (including phenoxy) is 1. The van der Waals surface area contributed by atoms with E-state index in [9.17, 15) is 26.4 Å². The maximum atomic E-state index is 12.8. The normalized spacial score (nSPS) is 14.8. The number of nitrogens with one attached hydrogen (secondary N) is 1. The second-order valence-electron chi connectivity index (χ2n) is 8.75. The molecule has 0 radical (unpaired) electrons. The van der Waals surface area contributed by atoms with E-state index in [-0.39, 0.29) is 21.5 Å². The average Bonchev–Trinajstić information content (AvgIpc) is 3.17. The van der Waals surface area contributed by atoms with Gasteiger partial charge in [0, 0.05) is 18.8 Å². The van der Waals surface area contributed by atoms with Crippen molar-refractivity contribution in [2.45, 2.75) is 52.3 Å². The van der Waals surface area contributed by atoms with Crippen molar-refractivity contribution in [1.82, 2.24) is 10.2 Å². The van der Waals surface area contributed by atoms with E-state index in [0.717, 1.165) is 29.9 Å². The molecule has 0 bridgehead atoms. The highest BCUT2D eigenvalue weighted by Crippen LogP contribution is 2.38. The molecule has 0 spiro atoms. The molecule has 35 heavy (non-hydrogen) atoms. The molecule has 0 fully saturated rings. The van der Waals surface area contributed by atoms with E-state index in [1.54, 1.807) is 26.8 Å². The van der Waals surface area contributed by atoms with Crippen LogP contribution in [0, 0.1) is 0 Å². The topological polar surface area (TPSA) is 126 Å². The molecule has 1 aromatic heterocycles. The van der Waals surface area contributed by atoms with Crippen molar-refractivity contribution in [3.05, 3.63) is 22.7 Å². The van der Waals surface area contributed by atoms with E-state index in [4.69, 9.17) is 4.74 Å². The largest absolute Gasteiger partial charge is 0.455 e. The van der Waals surface area contributed by atoms with E-state index in [1.807, 2.05) is 16.5 Å². The van der Waals surface area contributed by atoms with Gasteiger partial charge >= 0.3 is 12.1 Å². The van der Waals surface area contributed by atoms with Crippen molar-refractivity contribution >= 4 is 49.5 Å². The van der Waals surface area contributed by atoms with Crippen molar-refractivity contribution < 1.29 is 31.1 Å². The zero-order chi connectivity index (χ0) is 26.0. The lowest BCUT2D eigenvalue weighted by Crippen LogP contribution is -2.30. The number of aromatic nitrogens is 2. The fourth-order valence-corrected chi connectivity index (χ4v) is 4.91. The molecule has 192 valence electrons. The molecule has 3 rings (SSSR count). The predicted octanol–water partition coefficient (Wildman–Crippen LogP) is 4.99. The van der Waals surface area contributed by atoms with Gasteiger partial charge in [0.1, 0.15) is 11.3 Å². The minimum Gasteiger partial charge on any atom is -0.455 e. The van der Waals surface area contributed by atoms with Gasteiger partial charge in [-0.2, -0.15) is 13.2 Å². The Hall–Kier alpha value is -2.81. The van der Waals surface area contributed by atoms with Gasteiger partial charge in [-0.3, -0.25) is 4.72 Å². The molecule has 15 heteroatoms. The zero-order valence-corrected chi connectivity index (χ0v) is 21.1. The minimum absolute atomic E-state index is 0.0112. The Morgan fingerprint density at radius 3 is 2.57 bits per heavy atom. The third-order valence-electron chi connectivity index (χ3n) is 4.64. The number of carbonyl (C=O) groups excluding carboxylic acids is 1. The lowest BCUT2D eigenvalue weighted by molar-refractivity contribution is -0.106. The van der Waals surface area contributed by atoms with Gasteiger partial charge in [-0.1, -0.05) is 11.3 Å². The fourth-order valence-electron chi connectivity index (χ4n) is 3.36. The molecule has 2 aromatic rings. The van der Waals surface area contributed by atoms with Crippen molar-refractivity contribution in [2.24, 2.45) is 10.2 Å². The number of anilines is 2. The van der Waals surface area contributed by atoms with Crippen LogP contribution in [0.15, 0.2) is 22.4 Å². The maximum Gasteiger partial charge on any atom is 0.404 e. The van der Waals surface area contributed by atoms with Gasteiger partial charge in [-0.25, -0.2) is 13.2 Å². The van der Waals surface area contributed by atoms with E-state index in [0.29, 0.717) is 18.7 Å². The number of alkyl halides is 3. The summed E-state index contributed by atoms with van der Waals surface area (Å²) in [5.74, 6) is -2.73. The average molecular weight is 535 g/mol. The highest BCUT2D eigenvalue weighted by Gasteiger charge is 2.35. The Bertz CT molecular complexity index is 1220. The van der Waals surface area contributed by atoms with E-state index in [2.05, 4.69) is 20.4 Å². The first-order chi connectivity index (χ1) is 16.2. The summed E-state index contributed by atoms with van der Waals surface area (Å²) in [5.41, 5.74) is 0.709. The van der Waals surface area contributed by atoms with Crippen LogP contribution in [0.1, 0.15) is 49.5 Å². The smallest absolute Gasteiger partial charge is 0.404 e. The molecule has 0 saturated heterocycles. The first-order valence-corrected chi connectivity index (χ1v) is 13.1. The lowest BCUT2D eigenvalue weighted by Gasteiger charge is -2.31. The van der Waals surface area contributed by atoms with Gasteiger partial charge in [-0.15, -0.1) is 20.4 Å². The van der Waals surface area contributed by atoms with Crippen LogP contribution in [0.3, 0.4) is 0 Å². The number of rotatable bonds is 7. The monoisotopic (exact) mass is 534 g/mol. The van der Waals surface area contributed by atoms with Gasteiger partial charge in [0.05, 0.1) is 5.69 Å². The Kier molecular flexibility index (Phi) is 7.69. The van der Waals surface area contributed by atoms with Crippen LogP contribution >= 0.6 is 11.3 Å². The molecule has 1 aromatic carbocycles. The predicted molar refractivity (Wildman–Crippen MR) is 125 cm³/mol. The number of benzene rings is 1. The molecule has 0 atom stereocenters. The van der Waals surface area contributed by atoms with Crippen molar-refractivity contribution in [2.75, 3.05) is 28.5 Å². The molecule has 1 N–H and O–H groups in total. The third-order valence-corrected chi connectivity index (χ3v) is 6.67. The quantitative estimate of drug-likeness (QED) is 0.392. The second-order valence-corrected chi connectivity index (χ2v) is 11.4. The van der Waals surface area contributed by atoms with Gasteiger partial charge in [0.2, 0.25) is 15.0 Å². The third kappa shape index (κ3) is 7.59. The van der Waals surface area contributed by atoms with Gasteiger partial charge in [0.15, 0.2) is 5.75 Å². The van der Waals surface area contributed by atoms with Crippen LogP contribution in [0.5, 0.6) is 0 Å². The van der Waals surface area contributed by atoms with E-state index in [1.165, 1.54) is 6.07 Å². The van der Waals surface area contributed by atoms with Crippen LogP contribution in [0.2, 0.25) is 0 Å². The lowest BCUT2D eigenvalue weighted by atomic mass is 10.0. The first-order valence-electron chi connectivity index (χ1n) is 10.6. The van der Waals surface area contributed by atoms with Crippen LogP contribution in [0.4, 0.5) is 35.4 Å². The minimum atomic E-state index is -4.91. The fraction of sp³-hybridized carbons (Fsp3) is 0.550. The summed E-state index contributed by atoms with van der Waals surface area (Å²) in [6.07, 6.45) is -3.38. The number of halogens is 3. The van der Waals surface area contributed by atoms with Crippen LogP contribution in [0.25, 0.3) is 0 Å². The molecular formula is C20H25F3N6O4S2. The number of sulfonamides is 1. The second kappa shape index (κ2) is 10.0. The molecule has 0 unspecified atom stereocenters. The number of hydrogen-bond acceptors (Lipinski definition) is 10. The summed E-state index contributed by atoms with van der Waals surface area (Å²) in [5, 5.41) is 15.4. The Labute approximate surface area is 204 Å². The van der Waals surface area contributed by atoms with Gasteiger partial charge < -0.3 is 9.64 Å². The SMILES string of the molecule is CCN1CCCc2cc(N=Nc3nnc(C(=O)OC(C)(C)C)s3)c(NS(=O)(=O)CC(F)(F)F)cc21. The summed E-state index contributed by atoms with van der Waals surface area (Å²) < 4.78 is 69.8. The molecule has 2 heterocycles. The van der Waals surface area contributed by atoms with Crippen molar-refractivity contribution in [1.29, 1.82) is 0 Å². The summed E-state index contributed by atoms with van der Waals surface area (Å²) >= 11 is 0.808. The molecule has 10 nitrogen and oxygen atoms in total. The van der Waals surface area contributed by atoms with Crippen molar-refractivity contribution in [3.63, 3.8) is 0 Å². The molecular weight excluding hydrogens is 509 g/mol. The number of nitrogens with zero attached hydrogens (tertiary/aromatic N) is 5. The molecule has 0 aliphatic carbocycles. The summed E-state index contributed by atoms with van der Waals surface area (Å²) in [6.45, 7) is 8.39. The molecule has 1 aliphatic heterocycles. The number of hydrogen-bond donors (Lipinski definition) is 1. The number of azo groups is 1. The standard InChI is InChI=1S/C20H25F3N6O4S2/c1-5-29-8-6-7-12-9-13(14(10-15(12)29)28-35(31,32)11-20(21,22)23)24-26-18-27-25-16(34-18)17(30)33-19(2,3)4/h9-10,28H,5-8,11H2,1-4H3. The van der Waals surface area contributed by atoms with Crippen LogP contribution < -0.4 is 9.62 Å². The van der Waals surface area contributed by atoms with Gasteiger partial charge in [0.25, 0.3) is 5.13 Å². The van der Waals surface area contributed by atoms with Crippen LogP contribution in [-0.4, -0.2) is 55.2 Å². The molecule has 1 aliphatic rings. The number of fused-ring (bicyclic) bond motifs is 1. The summed E-state index contributed by atoms with van der Waals surface area (Å²) in [6, 6.07) is 3.05. The maximum absolute atomic E-state index is 12.8.